The van der Waals surface area contributed by atoms with E-state index >= 15 is 0 Å². The number of esters is 1. The maximum atomic E-state index is 10.8. The highest BCUT2D eigenvalue weighted by Crippen LogP contribution is 2.08. The second kappa shape index (κ2) is 4.91. The monoisotopic (exact) mass is 202 g/mol. The molecule has 0 N–H and O–H groups in total. The van der Waals surface area contributed by atoms with Crippen LogP contribution >= 0.6 is 0 Å². The molecule has 0 radical (unpaired) electrons. The normalized spacial score (nSPS) is 9.93. The number of aromatic nitrogens is 1. The van der Waals surface area contributed by atoms with Gasteiger partial charge in [-0.3, -0.25) is 0 Å². The predicted molar refractivity (Wildman–Crippen MR) is 54.7 cm³/mol. The Hall–Kier alpha value is -2.15. The van der Waals surface area contributed by atoms with E-state index in [0.29, 0.717) is 5.69 Å². The third-order valence-corrected chi connectivity index (χ3v) is 1.82. The van der Waals surface area contributed by atoms with Crippen LogP contribution in [0.15, 0.2) is 18.3 Å². The second-order valence-electron chi connectivity index (χ2n) is 2.90. The molecule has 0 unspecified atom stereocenters. The van der Waals surface area contributed by atoms with Gasteiger partial charge in [-0.25, -0.2) is 9.78 Å². The lowest BCUT2D eigenvalue weighted by atomic mass is 10.1. The molecule has 15 heavy (non-hydrogen) atoms. The summed E-state index contributed by atoms with van der Waals surface area (Å²) in [6.07, 6.45) is 4.43. The summed E-state index contributed by atoms with van der Waals surface area (Å²) < 4.78 is 4.45. The van der Waals surface area contributed by atoms with Crippen molar-refractivity contribution in [3.63, 3.8) is 0 Å². The zero-order valence-electron chi connectivity index (χ0n) is 8.52. The quantitative estimate of drug-likeness (QED) is 0.537. The van der Waals surface area contributed by atoms with Crippen LogP contribution in [-0.2, 0) is 9.53 Å². The van der Waals surface area contributed by atoms with Crippen LogP contribution in [0.2, 0.25) is 0 Å². The molecule has 0 aliphatic heterocycles. The second-order valence-corrected chi connectivity index (χ2v) is 2.90. The van der Waals surface area contributed by atoms with Crippen molar-refractivity contribution >= 4 is 12.0 Å². The van der Waals surface area contributed by atoms with Gasteiger partial charge in [0.05, 0.1) is 7.11 Å². The lowest BCUT2D eigenvalue weighted by Crippen LogP contribution is -1.94. The minimum atomic E-state index is -0.419. The highest BCUT2D eigenvalue weighted by Gasteiger charge is 1.99. The van der Waals surface area contributed by atoms with Gasteiger partial charge in [0.25, 0.3) is 0 Å². The topological polar surface area (TPSA) is 63.0 Å². The van der Waals surface area contributed by atoms with Gasteiger partial charge in [-0.15, -0.1) is 0 Å². The van der Waals surface area contributed by atoms with Crippen molar-refractivity contribution in [2.45, 2.75) is 6.92 Å². The molecule has 0 aliphatic carbocycles. The van der Waals surface area contributed by atoms with E-state index in [1.165, 1.54) is 19.4 Å². The van der Waals surface area contributed by atoms with Crippen molar-refractivity contribution in [1.29, 1.82) is 5.26 Å². The number of nitrogens with zero attached hydrogens (tertiary/aromatic N) is 2. The van der Waals surface area contributed by atoms with E-state index < -0.39 is 5.97 Å². The van der Waals surface area contributed by atoms with E-state index in [4.69, 9.17) is 5.26 Å². The Morgan fingerprint density at radius 1 is 1.67 bits per heavy atom. The molecule has 0 aromatic carbocycles. The van der Waals surface area contributed by atoms with Crippen molar-refractivity contribution in [2.24, 2.45) is 0 Å². The van der Waals surface area contributed by atoms with Gasteiger partial charge in [-0.1, -0.05) is 0 Å². The molecule has 1 heterocycles. The molecule has 1 aromatic rings. The van der Waals surface area contributed by atoms with Crippen LogP contribution in [0, 0.1) is 18.3 Å². The maximum Gasteiger partial charge on any atom is 0.330 e. The zero-order chi connectivity index (χ0) is 11.3. The molecular formula is C11H10N2O2. The van der Waals surface area contributed by atoms with E-state index in [1.54, 1.807) is 19.1 Å². The fourth-order valence-electron chi connectivity index (χ4n) is 1.04. The molecule has 1 rings (SSSR count). The fourth-order valence-corrected chi connectivity index (χ4v) is 1.04. The summed E-state index contributed by atoms with van der Waals surface area (Å²) in [6, 6.07) is 3.75. The Balaban J connectivity index is 2.90. The number of aryl methyl sites for hydroxylation is 1. The smallest absolute Gasteiger partial charge is 0.330 e. The van der Waals surface area contributed by atoms with Crippen LogP contribution in [0.5, 0.6) is 0 Å². The Labute approximate surface area is 87.8 Å². The van der Waals surface area contributed by atoms with E-state index in [9.17, 15) is 4.79 Å². The molecule has 0 spiro atoms. The highest BCUT2D eigenvalue weighted by molar-refractivity contribution is 5.86. The van der Waals surface area contributed by atoms with Gasteiger partial charge < -0.3 is 4.74 Å². The Morgan fingerprint density at radius 2 is 2.40 bits per heavy atom. The van der Waals surface area contributed by atoms with Gasteiger partial charge in [0, 0.05) is 12.3 Å². The van der Waals surface area contributed by atoms with Gasteiger partial charge in [0.1, 0.15) is 11.8 Å². The van der Waals surface area contributed by atoms with Crippen LogP contribution in [0.25, 0.3) is 6.08 Å². The van der Waals surface area contributed by atoms with Crippen LogP contribution in [0.4, 0.5) is 0 Å². The minimum absolute atomic E-state index is 0.394. The van der Waals surface area contributed by atoms with Gasteiger partial charge >= 0.3 is 5.97 Å². The number of rotatable bonds is 2. The first kappa shape index (κ1) is 10.9. The summed E-state index contributed by atoms with van der Waals surface area (Å²) in [5.41, 5.74) is 1.94. The lowest BCUT2D eigenvalue weighted by Gasteiger charge is -1.97. The van der Waals surface area contributed by atoms with Crippen LogP contribution in [0.3, 0.4) is 0 Å². The third-order valence-electron chi connectivity index (χ3n) is 1.82. The molecule has 0 saturated carbocycles. The Bertz CT molecular complexity index is 444. The van der Waals surface area contributed by atoms with E-state index in [-0.39, 0.29) is 0 Å². The predicted octanol–water partition coefficient (Wildman–Crippen LogP) is 1.45. The van der Waals surface area contributed by atoms with E-state index in [1.807, 2.05) is 6.07 Å². The maximum absolute atomic E-state index is 10.8. The first-order valence-corrected chi connectivity index (χ1v) is 4.30. The first-order chi connectivity index (χ1) is 7.17. The molecule has 0 saturated heterocycles. The van der Waals surface area contributed by atoms with Crippen LogP contribution in [-0.4, -0.2) is 18.1 Å². The average Bonchev–Trinajstić information content (AvgIpc) is 2.26. The number of carbonyl (C=O) groups is 1. The van der Waals surface area contributed by atoms with E-state index in [0.717, 1.165) is 11.1 Å². The van der Waals surface area contributed by atoms with Gasteiger partial charge in [0.2, 0.25) is 0 Å². The molecular weight excluding hydrogens is 192 g/mol. The first-order valence-electron chi connectivity index (χ1n) is 4.30. The average molecular weight is 202 g/mol. The number of carbonyl (C=O) groups excluding carboxylic acids is 1. The molecule has 0 amide bonds. The summed E-state index contributed by atoms with van der Waals surface area (Å²) in [6.45, 7) is 1.79. The molecule has 0 bridgehead atoms. The van der Waals surface area contributed by atoms with Crippen molar-refractivity contribution < 1.29 is 9.53 Å². The van der Waals surface area contributed by atoms with Crippen LogP contribution < -0.4 is 0 Å². The summed E-state index contributed by atoms with van der Waals surface area (Å²) in [5.74, 6) is -0.419. The lowest BCUT2D eigenvalue weighted by molar-refractivity contribution is -0.134. The zero-order valence-corrected chi connectivity index (χ0v) is 8.52. The SMILES string of the molecule is COC(=O)C=Cc1cnc(C#N)c(C)c1. The van der Waals surface area contributed by atoms with Gasteiger partial charge in [-0.2, -0.15) is 5.26 Å². The highest BCUT2D eigenvalue weighted by atomic mass is 16.5. The Morgan fingerprint density at radius 3 is 2.93 bits per heavy atom. The number of methoxy groups -OCH3 is 1. The van der Waals surface area contributed by atoms with Crippen molar-refractivity contribution in [2.75, 3.05) is 7.11 Å². The van der Waals surface area contributed by atoms with Gasteiger partial charge in [0.15, 0.2) is 0 Å². The molecule has 1 aromatic heterocycles. The summed E-state index contributed by atoms with van der Waals surface area (Å²) in [4.78, 5) is 14.7. The minimum Gasteiger partial charge on any atom is -0.466 e. The molecule has 0 atom stereocenters. The van der Waals surface area contributed by atoms with Crippen LogP contribution in [0.1, 0.15) is 16.8 Å². The van der Waals surface area contributed by atoms with Crippen molar-refractivity contribution in [3.05, 3.63) is 35.2 Å². The molecule has 76 valence electrons. The third kappa shape index (κ3) is 2.92. The molecule has 4 nitrogen and oxygen atoms in total. The number of pyridine rings is 1. The standard InChI is InChI=1S/C11H10N2O2/c1-8-5-9(3-4-11(14)15-2)7-13-10(8)6-12/h3-5,7H,1-2H3. The molecule has 0 aliphatic rings. The van der Waals surface area contributed by atoms with Crippen molar-refractivity contribution in [1.82, 2.24) is 4.98 Å². The number of hydrogen-bond acceptors (Lipinski definition) is 4. The number of ether oxygens (including phenoxy) is 1. The molecule has 0 fully saturated rings. The van der Waals surface area contributed by atoms with Crippen molar-refractivity contribution in [3.8, 4) is 6.07 Å². The summed E-state index contributed by atoms with van der Waals surface area (Å²) in [5, 5.41) is 8.66. The fraction of sp³-hybridized carbons (Fsp3) is 0.182. The Kier molecular flexibility index (Phi) is 3.58. The van der Waals surface area contributed by atoms with Gasteiger partial charge in [-0.05, 0) is 30.2 Å². The van der Waals surface area contributed by atoms with E-state index in [2.05, 4.69) is 9.72 Å². The summed E-state index contributed by atoms with van der Waals surface area (Å²) >= 11 is 0. The number of hydrogen-bond donors (Lipinski definition) is 0. The summed E-state index contributed by atoms with van der Waals surface area (Å²) in [7, 11) is 1.31. The molecule has 4 heteroatoms. The largest absolute Gasteiger partial charge is 0.466 e. The number of nitriles is 1.